The number of aromatic nitrogens is 4. The second-order valence-corrected chi connectivity index (χ2v) is 7.32. The van der Waals surface area contributed by atoms with Gasteiger partial charge in [0.1, 0.15) is 0 Å². The van der Waals surface area contributed by atoms with Gasteiger partial charge in [0, 0.05) is 42.2 Å². The van der Waals surface area contributed by atoms with E-state index < -0.39 is 0 Å². The van der Waals surface area contributed by atoms with E-state index in [0.29, 0.717) is 25.5 Å². The zero-order valence-corrected chi connectivity index (χ0v) is 16.3. The summed E-state index contributed by atoms with van der Waals surface area (Å²) in [7, 11) is 0. The van der Waals surface area contributed by atoms with Crippen molar-refractivity contribution in [2.75, 3.05) is 13.2 Å². The normalized spacial score (nSPS) is 18.7. The van der Waals surface area contributed by atoms with E-state index in [9.17, 15) is 4.79 Å². The third kappa shape index (κ3) is 3.60. The number of nitrogens with one attached hydrogen (secondary N) is 1. The van der Waals surface area contributed by atoms with Crippen LogP contribution in [0.2, 0.25) is 0 Å². The van der Waals surface area contributed by atoms with E-state index in [0.717, 1.165) is 22.0 Å². The maximum absolute atomic E-state index is 12.6. The van der Waals surface area contributed by atoms with Gasteiger partial charge in [-0.15, -0.1) is 0 Å². The van der Waals surface area contributed by atoms with E-state index >= 15 is 0 Å². The lowest BCUT2D eigenvalue weighted by molar-refractivity contribution is 0.181. The summed E-state index contributed by atoms with van der Waals surface area (Å²) in [5.74, 6) is 0. The fraction of sp³-hybridized carbons (Fsp3) is 0.217. The highest BCUT2D eigenvalue weighted by molar-refractivity contribution is 5.81. The van der Waals surface area contributed by atoms with Crippen LogP contribution in [0.15, 0.2) is 78.0 Å². The van der Waals surface area contributed by atoms with Crippen LogP contribution in [0.1, 0.15) is 11.6 Å². The molecule has 150 valence electrons. The van der Waals surface area contributed by atoms with Crippen molar-refractivity contribution < 1.29 is 4.74 Å². The lowest BCUT2D eigenvalue weighted by Crippen LogP contribution is -2.41. The van der Waals surface area contributed by atoms with Gasteiger partial charge in [-0.1, -0.05) is 18.2 Å². The van der Waals surface area contributed by atoms with Crippen LogP contribution in [-0.2, 0) is 11.3 Å². The number of hydrogen-bond acceptors (Lipinski definition) is 6. The van der Waals surface area contributed by atoms with E-state index in [-0.39, 0.29) is 17.6 Å². The Morgan fingerprint density at radius 1 is 1.03 bits per heavy atom. The van der Waals surface area contributed by atoms with E-state index in [1.54, 1.807) is 24.5 Å². The summed E-state index contributed by atoms with van der Waals surface area (Å²) >= 11 is 0. The van der Waals surface area contributed by atoms with Crippen LogP contribution in [-0.4, -0.2) is 39.0 Å². The molecule has 0 saturated carbocycles. The molecular formula is C23H21N5O2. The largest absolute Gasteiger partial charge is 0.377 e. The van der Waals surface area contributed by atoms with E-state index in [1.165, 1.54) is 4.68 Å². The van der Waals surface area contributed by atoms with Crippen LogP contribution in [0.25, 0.3) is 22.2 Å². The zero-order valence-electron chi connectivity index (χ0n) is 16.3. The Balaban J connectivity index is 1.40. The molecule has 0 aliphatic carbocycles. The molecule has 1 N–H and O–H groups in total. The van der Waals surface area contributed by atoms with Gasteiger partial charge in [-0.3, -0.25) is 14.8 Å². The molecule has 1 fully saturated rings. The highest BCUT2D eigenvalue weighted by Gasteiger charge is 2.31. The first-order valence-corrected chi connectivity index (χ1v) is 9.93. The van der Waals surface area contributed by atoms with E-state index in [4.69, 9.17) is 4.74 Å². The molecule has 30 heavy (non-hydrogen) atoms. The van der Waals surface area contributed by atoms with Crippen molar-refractivity contribution in [3.63, 3.8) is 0 Å². The van der Waals surface area contributed by atoms with E-state index in [1.807, 2.05) is 42.6 Å². The highest BCUT2D eigenvalue weighted by Crippen LogP contribution is 2.21. The molecule has 2 atom stereocenters. The molecule has 0 amide bonds. The van der Waals surface area contributed by atoms with Crippen LogP contribution in [0.3, 0.4) is 0 Å². The van der Waals surface area contributed by atoms with Gasteiger partial charge in [0.15, 0.2) is 0 Å². The molecule has 2 unspecified atom stereocenters. The van der Waals surface area contributed by atoms with E-state index in [2.05, 4.69) is 26.4 Å². The second kappa shape index (κ2) is 8.14. The minimum atomic E-state index is -0.178. The van der Waals surface area contributed by atoms with Crippen molar-refractivity contribution in [2.24, 2.45) is 0 Å². The molecule has 4 aromatic rings. The zero-order chi connectivity index (χ0) is 20.3. The molecule has 0 radical (unpaired) electrons. The van der Waals surface area contributed by atoms with Crippen molar-refractivity contribution in [3.05, 3.63) is 89.1 Å². The molecule has 1 aliphatic heterocycles. The number of rotatable bonds is 5. The fourth-order valence-corrected chi connectivity index (χ4v) is 3.86. The Hall–Kier alpha value is -3.42. The Morgan fingerprint density at radius 3 is 2.87 bits per heavy atom. The summed E-state index contributed by atoms with van der Waals surface area (Å²) in [5.41, 5.74) is 3.58. The summed E-state index contributed by atoms with van der Waals surface area (Å²) in [6, 6.07) is 17.0. The van der Waals surface area contributed by atoms with Crippen LogP contribution in [0.5, 0.6) is 0 Å². The van der Waals surface area contributed by atoms with Crippen molar-refractivity contribution in [2.45, 2.75) is 18.6 Å². The number of para-hydroxylation sites is 1. The number of hydrogen-bond donors (Lipinski definition) is 1. The first kappa shape index (κ1) is 18.6. The van der Waals surface area contributed by atoms with Gasteiger partial charge in [-0.2, -0.15) is 5.10 Å². The van der Waals surface area contributed by atoms with Crippen LogP contribution in [0.4, 0.5) is 0 Å². The van der Waals surface area contributed by atoms with Crippen molar-refractivity contribution in [1.29, 1.82) is 0 Å². The fourth-order valence-electron chi connectivity index (χ4n) is 3.86. The summed E-state index contributed by atoms with van der Waals surface area (Å²) in [4.78, 5) is 21.1. The molecule has 1 saturated heterocycles. The highest BCUT2D eigenvalue weighted by atomic mass is 16.5. The summed E-state index contributed by atoms with van der Waals surface area (Å²) < 4.78 is 7.25. The van der Waals surface area contributed by atoms with Crippen LogP contribution < -0.4 is 10.9 Å². The van der Waals surface area contributed by atoms with Crippen molar-refractivity contribution in [3.8, 4) is 11.3 Å². The third-order valence-electron chi connectivity index (χ3n) is 5.44. The minimum Gasteiger partial charge on any atom is -0.377 e. The summed E-state index contributed by atoms with van der Waals surface area (Å²) in [6.07, 6.45) is 5.28. The van der Waals surface area contributed by atoms with Gasteiger partial charge in [-0.05, 0) is 35.9 Å². The smallest absolute Gasteiger partial charge is 0.267 e. The standard InChI is InChI=1S/C23H21N5O2/c29-23-8-7-19(17-4-3-10-24-12-17)27-28(23)22-15-30-14-21(22)26-13-16-9-11-25-20-6-2-1-5-18(16)20/h1-12,21-22,26H,13-15H2. The SMILES string of the molecule is O=c1ccc(-c2cccnc2)nn1C1COCC1NCc1ccnc2ccccc12. The quantitative estimate of drug-likeness (QED) is 0.556. The Kier molecular flexibility index (Phi) is 5.04. The first-order chi connectivity index (χ1) is 14.8. The van der Waals surface area contributed by atoms with Crippen LogP contribution >= 0.6 is 0 Å². The summed E-state index contributed by atoms with van der Waals surface area (Å²) in [6.45, 7) is 1.63. The molecule has 7 nitrogen and oxygen atoms in total. The Bertz CT molecular complexity index is 1220. The van der Waals surface area contributed by atoms with Gasteiger partial charge < -0.3 is 10.1 Å². The summed E-state index contributed by atoms with van der Waals surface area (Å²) in [5, 5.41) is 9.30. The monoisotopic (exact) mass is 399 g/mol. The third-order valence-corrected chi connectivity index (χ3v) is 5.44. The number of nitrogens with zero attached hydrogens (tertiary/aromatic N) is 4. The predicted molar refractivity (Wildman–Crippen MR) is 114 cm³/mol. The molecule has 7 heteroatoms. The molecule has 1 aliphatic rings. The first-order valence-electron chi connectivity index (χ1n) is 9.93. The Morgan fingerprint density at radius 2 is 1.97 bits per heavy atom. The number of fused-ring (bicyclic) bond motifs is 1. The van der Waals surface area contributed by atoms with Crippen molar-refractivity contribution in [1.82, 2.24) is 25.1 Å². The predicted octanol–water partition coefficient (Wildman–Crippen LogP) is 2.58. The lowest BCUT2D eigenvalue weighted by Gasteiger charge is -2.21. The maximum Gasteiger partial charge on any atom is 0.267 e. The molecule has 0 spiro atoms. The Labute approximate surface area is 173 Å². The second-order valence-electron chi connectivity index (χ2n) is 7.32. The van der Waals surface area contributed by atoms with Gasteiger partial charge >= 0.3 is 0 Å². The lowest BCUT2D eigenvalue weighted by atomic mass is 10.1. The molecule has 1 aromatic carbocycles. The maximum atomic E-state index is 12.6. The number of pyridine rings is 2. The molecule has 3 aromatic heterocycles. The average molecular weight is 399 g/mol. The van der Waals surface area contributed by atoms with Crippen LogP contribution in [0, 0.1) is 0 Å². The molecule has 4 heterocycles. The molecule has 0 bridgehead atoms. The van der Waals surface area contributed by atoms with Gasteiger partial charge in [-0.25, -0.2) is 4.68 Å². The average Bonchev–Trinajstić information content (AvgIpc) is 3.27. The topological polar surface area (TPSA) is 81.9 Å². The number of ether oxygens (including phenoxy) is 1. The van der Waals surface area contributed by atoms with Gasteiger partial charge in [0.2, 0.25) is 0 Å². The molecular weight excluding hydrogens is 378 g/mol. The number of benzene rings is 1. The van der Waals surface area contributed by atoms with Crippen molar-refractivity contribution >= 4 is 10.9 Å². The van der Waals surface area contributed by atoms with Gasteiger partial charge in [0.25, 0.3) is 5.56 Å². The minimum absolute atomic E-state index is 0.0220. The van der Waals surface area contributed by atoms with Gasteiger partial charge in [0.05, 0.1) is 36.5 Å². The molecule has 5 rings (SSSR count).